The summed E-state index contributed by atoms with van der Waals surface area (Å²) in [6.07, 6.45) is -3.58. The smallest absolute Gasteiger partial charge is 0.307 e. The average molecular weight is 254 g/mol. The van der Waals surface area contributed by atoms with Crippen LogP contribution < -0.4 is 0 Å². The molecule has 7 heteroatoms. The molecule has 0 aromatic carbocycles. The molecular formula is C9H7ClF3NO2. The van der Waals surface area contributed by atoms with Crippen LogP contribution in [0.2, 0.25) is 0 Å². The van der Waals surface area contributed by atoms with Crippen molar-refractivity contribution in [3.63, 3.8) is 0 Å². The third-order valence-electron chi connectivity index (χ3n) is 1.81. The van der Waals surface area contributed by atoms with Crippen molar-refractivity contribution in [3.05, 3.63) is 28.8 Å². The van der Waals surface area contributed by atoms with E-state index in [0.717, 1.165) is 6.07 Å². The number of pyridine rings is 1. The lowest BCUT2D eigenvalue weighted by atomic mass is 10.1. The maximum absolute atomic E-state index is 13.4. The van der Waals surface area contributed by atoms with Crippen LogP contribution in [-0.4, -0.2) is 16.1 Å². The van der Waals surface area contributed by atoms with E-state index in [1.54, 1.807) is 0 Å². The quantitative estimate of drug-likeness (QED) is 0.839. The molecule has 3 nitrogen and oxygen atoms in total. The van der Waals surface area contributed by atoms with Gasteiger partial charge in [0.05, 0.1) is 18.0 Å². The molecule has 0 unspecified atom stereocenters. The standard InChI is InChI=1S/C9H7ClF3NO2/c10-3-6-8(11)4(2-7(15)16)1-5(14-6)9(12)13/h1,9H,2-3H2,(H,15,16). The molecule has 0 spiro atoms. The minimum absolute atomic E-state index is 0.339. The van der Waals surface area contributed by atoms with Gasteiger partial charge in [-0.1, -0.05) is 0 Å². The zero-order valence-corrected chi connectivity index (χ0v) is 8.64. The van der Waals surface area contributed by atoms with E-state index in [2.05, 4.69) is 4.98 Å². The van der Waals surface area contributed by atoms with Gasteiger partial charge in [-0.2, -0.15) is 0 Å². The van der Waals surface area contributed by atoms with Gasteiger partial charge in [0.1, 0.15) is 11.5 Å². The summed E-state index contributed by atoms with van der Waals surface area (Å²) < 4.78 is 38.1. The highest BCUT2D eigenvalue weighted by Gasteiger charge is 2.18. The fourth-order valence-corrected chi connectivity index (χ4v) is 1.33. The predicted molar refractivity (Wildman–Crippen MR) is 50.0 cm³/mol. The van der Waals surface area contributed by atoms with E-state index in [0.29, 0.717) is 0 Å². The molecule has 0 fully saturated rings. The molecule has 1 aromatic rings. The summed E-state index contributed by atoms with van der Waals surface area (Å²) in [5.74, 6) is -2.65. The molecule has 0 bridgehead atoms. The molecule has 0 amide bonds. The van der Waals surface area contributed by atoms with E-state index in [-0.39, 0.29) is 17.1 Å². The molecular weight excluding hydrogens is 247 g/mol. The Kier molecular flexibility index (Phi) is 4.12. The van der Waals surface area contributed by atoms with E-state index >= 15 is 0 Å². The topological polar surface area (TPSA) is 50.2 Å². The number of halogens is 4. The van der Waals surface area contributed by atoms with Gasteiger partial charge in [-0.05, 0) is 6.07 Å². The molecule has 0 atom stereocenters. The predicted octanol–water partition coefficient (Wildman–Crippen LogP) is 2.52. The van der Waals surface area contributed by atoms with Crippen molar-refractivity contribution in [2.75, 3.05) is 0 Å². The van der Waals surface area contributed by atoms with Crippen molar-refractivity contribution in [2.45, 2.75) is 18.7 Å². The fraction of sp³-hybridized carbons (Fsp3) is 0.333. The number of carbonyl (C=O) groups is 1. The summed E-state index contributed by atoms with van der Waals surface area (Å²) >= 11 is 5.32. The summed E-state index contributed by atoms with van der Waals surface area (Å²) in [5.41, 5.74) is -1.38. The van der Waals surface area contributed by atoms with Crippen LogP contribution in [0.4, 0.5) is 13.2 Å². The Bertz CT molecular complexity index is 412. The summed E-state index contributed by atoms with van der Waals surface area (Å²) in [7, 11) is 0. The minimum Gasteiger partial charge on any atom is -0.481 e. The molecule has 1 heterocycles. The third kappa shape index (κ3) is 2.85. The Hall–Kier alpha value is -1.30. The molecule has 1 aromatic heterocycles. The average Bonchev–Trinajstić information content (AvgIpc) is 2.20. The summed E-state index contributed by atoms with van der Waals surface area (Å²) in [5, 5.41) is 8.48. The Morgan fingerprint density at radius 2 is 2.19 bits per heavy atom. The highest BCUT2D eigenvalue weighted by molar-refractivity contribution is 6.16. The first kappa shape index (κ1) is 12.8. The van der Waals surface area contributed by atoms with E-state index in [1.807, 2.05) is 0 Å². The first-order chi connectivity index (χ1) is 7.45. The fourth-order valence-electron chi connectivity index (χ4n) is 1.16. The van der Waals surface area contributed by atoms with E-state index in [1.165, 1.54) is 0 Å². The van der Waals surface area contributed by atoms with Gasteiger partial charge in [0.2, 0.25) is 0 Å². The third-order valence-corrected chi connectivity index (χ3v) is 2.07. The lowest BCUT2D eigenvalue weighted by Gasteiger charge is -2.07. The van der Waals surface area contributed by atoms with Crippen molar-refractivity contribution < 1.29 is 23.1 Å². The van der Waals surface area contributed by atoms with Crippen molar-refractivity contribution in [3.8, 4) is 0 Å². The van der Waals surface area contributed by atoms with Crippen molar-refractivity contribution in [1.29, 1.82) is 0 Å². The molecule has 16 heavy (non-hydrogen) atoms. The van der Waals surface area contributed by atoms with Crippen LogP contribution in [0.3, 0.4) is 0 Å². The molecule has 0 aliphatic carbocycles. The van der Waals surface area contributed by atoms with Gasteiger partial charge in [0.15, 0.2) is 0 Å². The molecule has 0 aliphatic rings. The first-order valence-corrected chi connectivity index (χ1v) is 4.73. The lowest BCUT2D eigenvalue weighted by molar-refractivity contribution is -0.136. The molecule has 0 saturated heterocycles. The molecule has 0 aliphatic heterocycles. The van der Waals surface area contributed by atoms with E-state index in [9.17, 15) is 18.0 Å². The van der Waals surface area contributed by atoms with Crippen LogP contribution in [0.25, 0.3) is 0 Å². The summed E-state index contributed by atoms with van der Waals surface area (Å²) in [6, 6.07) is 0.740. The molecule has 88 valence electrons. The van der Waals surface area contributed by atoms with Gasteiger partial charge in [-0.3, -0.25) is 4.79 Å². The number of carboxylic acid groups (broad SMARTS) is 1. The van der Waals surface area contributed by atoms with Gasteiger partial charge in [0.25, 0.3) is 6.43 Å². The van der Waals surface area contributed by atoms with Gasteiger partial charge in [-0.15, -0.1) is 11.6 Å². The first-order valence-electron chi connectivity index (χ1n) is 4.19. The Morgan fingerprint density at radius 1 is 1.56 bits per heavy atom. The zero-order valence-electron chi connectivity index (χ0n) is 7.88. The summed E-state index contributed by atoms with van der Waals surface area (Å²) in [6.45, 7) is 0. The van der Waals surface area contributed by atoms with Crippen LogP contribution in [0, 0.1) is 5.82 Å². The molecule has 1 rings (SSSR count). The Balaban J connectivity index is 3.24. The summed E-state index contributed by atoms with van der Waals surface area (Å²) in [4.78, 5) is 13.7. The number of nitrogens with zero attached hydrogens (tertiary/aromatic N) is 1. The van der Waals surface area contributed by atoms with Crippen LogP contribution in [0.1, 0.15) is 23.4 Å². The van der Waals surface area contributed by atoms with Crippen LogP contribution in [-0.2, 0) is 17.1 Å². The second-order valence-electron chi connectivity index (χ2n) is 2.97. The van der Waals surface area contributed by atoms with E-state index < -0.39 is 30.3 Å². The normalized spacial score (nSPS) is 10.8. The lowest BCUT2D eigenvalue weighted by Crippen LogP contribution is -2.08. The molecule has 0 saturated carbocycles. The number of rotatable bonds is 4. The highest BCUT2D eigenvalue weighted by atomic mass is 35.5. The number of alkyl halides is 3. The zero-order chi connectivity index (χ0) is 12.3. The van der Waals surface area contributed by atoms with Gasteiger partial charge >= 0.3 is 5.97 Å². The van der Waals surface area contributed by atoms with Gasteiger partial charge < -0.3 is 5.11 Å². The molecule has 0 radical (unpaired) electrons. The second kappa shape index (κ2) is 5.16. The van der Waals surface area contributed by atoms with Crippen molar-refractivity contribution in [1.82, 2.24) is 4.98 Å². The van der Waals surface area contributed by atoms with Crippen molar-refractivity contribution in [2.24, 2.45) is 0 Å². The SMILES string of the molecule is O=C(O)Cc1cc(C(F)F)nc(CCl)c1F. The van der Waals surface area contributed by atoms with Crippen LogP contribution in [0.15, 0.2) is 6.07 Å². The maximum atomic E-state index is 13.4. The number of aromatic nitrogens is 1. The van der Waals surface area contributed by atoms with Gasteiger partial charge in [-0.25, -0.2) is 18.2 Å². The van der Waals surface area contributed by atoms with Gasteiger partial charge in [0, 0.05) is 5.56 Å². The van der Waals surface area contributed by atoms with E-state index in [4.69, 9.17) is 16.7 Å². The maximum Gasteiger partial charge on any atom is 0.307 e. The number of aliphatic carboxylic acids is 1. The number of hydrogen-bond acceptors (Lipinski definition) is 2. The largest absolute Gasteiger partial charge is 0.481 e. The Labute approximate surface area is 93.9 Å². The Morgan fingerprint density at radius 3 is 2.62 bits per heavy atom. The highest BCUT2D eigenvalue weighted by Crippen LogP contribution is 2.22. The number of hydrogen-bond donors (Lipinski definition) is 1. The number of carboxylic acids is 1. The molecule has 1 N–H and O–H groups in total. The monoisotopic (exact) mass is 253 g/mol. The van der Waals surface area contributed by atoms with Crippen molar-refractivity contribution >= 4 is 17.6 Å². The van der Waals surface area contributed by atoms with Crippen LogP contribution in [0.5, 0.6) is 0 Å². The van der Waals surface area contributed by atoms with Crippen LogP contribution >= 0.6 is 11.6 Å². The second-order valence-corrected chi connectivity index (χ2v) is 3.24. The minimum atomic E-state index is -2.89.